The molecule has 1 fully saturated rings. The van der Waals surface area contributed by atoms with Gasteiger partial charge in [-0.15, -0.1) is 0 Å². The van der Waals surface area contributed by atoms with Crippen LogP contribution in [-0.2, 0) is 0 Å². The molecule has 0 N–H and O–H groups in total. The van der Waals surface area contributed by atoms with Gasteiger partial charge in [-0.05, 0) is 18.9 Å². The Morgan fingerprint density at radius 2 is 1.88 bits per heavy atom. The Hall–Kier alpha value is -0.0400. The zero-order chi connectivity index (χ0) is 6.15. The van der Waals surface area contributed by atoms with Crippen molar-refractivity contribution in [3.63, 3.8) is 0 Å². The highest BCUT2D eigenvalue weighted by Gasteiger charge is 2.25. The van der Waals surface area contributed by atoms with Gasteiger partial charge in [-0.2, -0.15) is 0 Å². The van der Waals surface area contributed by atoms with Crippen LogP contribution in [-0.4, -0.2) is 25.0 Å². The van der Waals surface area contributed by atoms with Gasteiger partial charge in [-0.3, -0.25) is 0 Å². The number of likely N-dealkylation sites (tertiary alicyclic amines) is 1. The summed E-state index contributed by atoms with van der Waals surface area (Å²) < 4.78 is 0. The van der Waals surface area contributed by atoms with E-state index in [1.54, 1.807) is 0 Å². The highest BCUT2D eigenvalue weighted by molar-refractivity contribution is 4.78. The molecule has 0 unspecified atom stereocenters. The van der Waals surface area contributed by atoms with Crippen LogP contribution in [0.1, 0.15) is 13.8 Å². The summed E-state index contributed by atoms with van der Waals surface area (Å²) in [6.45, 7) is 7.24. The van der Waals surface area contributed by atoms with Gasteiger partial charge in [0, 0.05) is 13.1 Å². The summed E-state index contributed by atoms with van der Waals surface area (Å²) in [5.74, 6) is 1.88. The van der Waals surface area contributed by atoms with Gasteiger partial charge in [0.05, 0.1) is 0 Å². The molecule has 1 nitrogen and oxygen atoms in total. The van der Waals surface area contributed by atoms with Gasteiger partial charge in [-0.1, -0.05) is 13.8 Å². The maximum Gasteiger partial charge on any atom is 0.00214 e. The van der Waals surface area contributed by atoms with Crippen LogP contribution in [0.2, 0.25) is 0 Å². The second-order valence-corrected chi connectivity index (χ2v) is 3.23. The normalized spacial score (nSPS) is 24.0. The molecule has 0 aromatic heterocycles. The summed E-state index contributed by atoms with van der Waals surface area (Å²) in [5, 5.41) is 0. The molecule has 1 heteroatoms. The lowest BCUT2D eigenvalue weighted by atomic mass is 9.89. The van der Waals surface area contributed by atoms with E-state index in [0.29, 0.717) is 0 Å². The first-order valence-corrected chi connectivity index (χ1v) is 3.38. The Bertz CT molecular complexity index is 72.5. The molecule has 1 aliphatic heterocycles. The zero-order valence-corrected chi connectivity index (χ0v) is 6.02. The molecule has 0 aliphatic carbocycles. The lowest BCUT2D eigenvalue weighted by Gasteiger charge is -2.38. The Morgan fingerprint density at radius 3 is 2.00 bits per heavy atom. The van der Waals surface area contributed by atoms with Gasteiger partial charge >= 0.3 is 0 Å². The molecule has 0 bridgehead atoms. The van der Waals surface area contributed by atoms with Gasteiger partial charge in [0.15, 0.2) is 0 Å². The van der Waals surface area contributed by atoms with Crippen molar-refractivity contribution in [2.45, 2.75) is 13.8 Å². The van der Waals surface area contributed by atoms with E-state index in [1.165, 1.54) is 13.1 Å². The lowest BCUT2D eigenvalue weighted by molar-refractivity contribution is 0.0967. The molecule has 48 valence electrons. The molecule has 0 atom stereocenters. The highest BCUT2D eigenvalue weighted by Crippen LogP contribution is 2.20. The molecule has 1 saturated heterocycles. The van der Waals surface area contributed by atoms with Crippen LogP contribution in [0.4, 0.5) is 0 Å². The average molecular weight is 113 g/mol. The minimum Gasteiger partial charge on any atom is -0.306 e. The van der Waals surface area contributed by atoms with Crippen LogP contribution >= 0.6 is 0 Å². The van der Waals surface area contributed by atoms with E-state index in [0.717, 1.165) is 11.8 Å². The second kappa shape index (κ2) is 2.06. The van der Waals surface area contributed by atoms with Crippen LogP contribution in [0.15, 0.2) is 0 Å². The van der Waals surface area contributed by atoms with Crippen molar-refractivity contribution in [1.29, 1.82) is 0 Å². The Morgan fingerprint density at radius 1 is 1.38 bits per heavy atom. The number of rotatable bonds is 1. The second-order valence-electron chi connectivity index (χ2n) is 3.23. The molecule has 0 radical (unpaired) electrons. The predicted octanol–water partition coefficient (Wildman–Crippen LogP) is 1.20. The van der Waals surface area contributed by atoms with Crippen molar-refractivity contribution in [2.24, 2.45) is 11.8 Å². The van der Waals surface area contributed by atoms with E-state index in [4.69, 9.17) is 0 Å². The fourth-order valence-corrected chi connectivity index (χ4v) is 1.17. The largest absolute Gasteiger partial charge is 0.306 e. The standard InChI is InChI=1S/C7H15N/c1-6(2)7-4-8(3)5-7/h6-7H,4-5H2,1-3H3. The molecule has 0 aromatic rings. The first-order chi connectivity index (χ1) is 3.70. The number of hydrogen-bond donors (Lipinski definition) is 0. The third kappa shape index (κ3) is 1.03. The van der Waals surface area contributed by atoms with Crippen LogP contribution in [0.3, 0.4) is 0 Å². The molecule has 0 spiro atoms. The minimum atomic E-state index is 0.895. The third-order valence-electron chi connectivity index (χ3n) is 2.04. The topological polar surface area (TPSA) is 3.24 Å². The summed E-state index contributed by atoms with van der Waals surface area (Å²) in [7, 11) is 2.18. The number of nitrogens with zero attached hydrogens (tertiary/aromatic N) is 1. The predicted molar refractivity (Wildman–Crippen MR) is 35.8 cm³/mol. The molecule has 0 amide bonds. The molecule has 1 heterocycles. The van der Waals surface area contributed by atoms with E-state index >= 15 is 0 Å². The summed E-state index contributed by atoms with van der Waals surface area (Å²) in [6.07, 6.45) is 0. The van der Waals surface area contributed by atoms with E-state index in [-0.39, 0.29) is 0 Å². The maximum atomic E-state index is 2.37. The molecule has 8 heavy (non-hydrogen) atoms. The smallest absolute Gasteiger partial charge is 0.00214 e. The number of hydrogen-bond acceptors (Lipinski definition) is 1. The van der Waals surface area contributed by atoms with E-state index < -0.39 is 0 Å². The van der Waals surface area contributed by atoms with Crippen molar-refractivity contribution in [3.05, 3.63) is 0 Å². The summed E-state index contributed by atoms with van der Waals surface area (Å²) in [5.41, 5.74) is 0. The van der Waals surface area contributed by atoms with Gasteiger partial charge in [-0.25, -0.2) is 0 Å². The monoisotopic (exact) mass is 113 g/mol. The van der Waals surface area contributed by atoms with Crippen molar-refractivity contribution >= 4 is 0 Å². The Balaban J connectivity index is 2.15. The van der Waals surface area contributed by atoms with E-state index in [1.807, 2.05) is 0 Å². The van der Waals surface area contributed by atoms with Crippen molar-refractivity contribution in [2.75, 3.05) is 20.1 Å². The first-order valence-electron chi connectivity index (χ1n) is 3.38. The molecule has 0 saturated carbocycles. The SMILES string of the molecule is CC(C)C1CN(C)C1. The summed E-state index contributed by atoms with van der Waals surface area (Å²) in [4.78, 5) is 2.37. The minimum absolute atomic E-state index is 0.895. The van der Waals surface area contributed by atoms with Gasteiger partial charge in [0.25, 0.3) is 0 Å². The first kappa shape index (κ1) is 6.09. The molecule has 1 aliphatic rings. The fraction of sp³-hybridized carbons (Fsp3) is 1.00. The van der Waals surface area contributed by atoms with Gasteiger partial charge in [0.1, 0.15) is 0 Å². The zero-order valence-electron chi connectivity index (χ0n) is 6.02. The van der Waals surface area contributed by atoms with Gasteiger partial charge in [0.2, 0.25) is 0 Å². The van der Waals surface area contributed by atoms with Gasteiger partial charge < -0.3 is 4.90 Å². The van der Waals surface area contributed by atoms with Crippen LogP contribution in [0.25, 0.3) is 0 Å². The quantitative estimate of drug-likeness (QED) is 0.494. The third-order valence-corrected chi connectivity index (χ3v) is 2.04. The van der Waals surface area contributed by atoms with Crippen molar-refractivity contribution in [3.8, 4) is 0 Å². The van der Waals surface area contributed by atoms with E-state index in [2.05, 4.69) is 25.8 Å². The maximum absolute atomic E-state index is 2.37. The highest BCUT2D eigenvalue weighted by atomic mass is 15.2. The van der Waals surface area contributed by atoms with Crippen LogP contribution in [0.5, 0.6) is 0 Å². The summed E-state index contributed by atoms with van der Waals surface area (Å²) in [6, 6.07) is 0. The molecular formula is C7H15N. The average Bonchev–Trinajstić information content (AvgIpc) is 1.57. The van der Waals surface area contributed by atoms with Crippen LogP contribution < -0.4 is 0 Å². The van der Waals surface area contributed by atoms with Crippen LogP contribution in [0, 0.1) is 11.8 Å². The van der Waals surface area contributed by atoms with Crippen molar-refractivity contribution in [1.82, 2.24) is 4.90 Å². The Labute approximate surface area is 51.7 Å². The Kier molecular flexibility index (Phi) is 1.57. The molecule has 1 rings (SSSR count). The fourth-order valence-electron chi connectivity index (χ4n) is 1.17. The van der Waals surface area contributed by atoms with Crippen molar-refractivity contribution < 1.29 is 0 Å². The lowest BCUT2D eigenvalue weighted by Crippen LogP contribution is -2.46. The molecule has 0 aromatic carbocycles. The van der Waals surface area contributed by atoms with E-state index in [9.17, 15) is 0 Å². The molecular weight excluding hydrogens is 98.1 g/mol. The summed E-state index contributed by atoms with van der Waals surface area (Å²) >= 11 is 0.